The Kier molecular flexibility index (Phi) is 3.59. The normalized spacial score (nSPS) is 19.2. The van der Waals surface area contributed by atoms with Crippen LogP contribution in [0.15, 0.2) is 36.9 Å². The van der Waals surface area contributed by atoms with Gasteiger partial charge in [0.05, 0.1) is 19.3 Å². The Hall–Kier alpha value is -1.32. The zero-order chi connectivity index (χ0) is 11.4. The van der Waals surface area contributed by atoms with E-state index < -0.39 is 0 Å². The molecule has 1 aliphatic heterocycles. The molecule has 3 heteroatoms. The van der Waals surface area contributed by atoms with Crippen molar-refractivity contribution in [1.29, 1.82) is 0 Å². The molecule has 0 aromatic heterocycles. The molecule has 1 fully saturated rings. The topological polar surface area (TPSA) is 32.7 Å². The van der Waals surface area contributed by atoms with E-state index in [1.165, 1.54) is 0 Å². The first-order chi connectivity index (χ1) is 7.83. The van der Waals surface area contributed by atoms with Crippen molar-refractivity contribution in [2.45, 2.75) is 6.04 Å². The van der Waals surface area contributed by atoms with Crippen LogP contribution in [0.25, 0.3) is 0 Å². The molecule has 1 heterocycles. The van der Waals surface area contributed by atoms with Crippen LogP contribution in [0.5, 0.6) is 5.75 Å². The first-order valence-electron chi connectivity index (χ1n) is 5.55. The number of nitrogens with zero attached hydrogens (tertiary/aromatic N) is 1. The lowest BCUT2D eigenvalue weighted by molar-refractivity contribution is 0.0250. The van der Waals surface area contributed by atoms with E-state index in [1.54, 1.807) is 6.07 Å². The number of phenols is 1. The van der Waals surface area contributed by atoms with Crippen molar-refractivity contribution in [1.82, 2.24) is 4.90 Å². The Morgan fingerprint density at radius 1 is 1.31 bits per heavy atom. The fourth-order valence-electron chi connectivity index (χ4n) is 2.07. The highest BCUT2D eigenvalue weighted by atomic mass is 16.5. The van der Waals surface area contributed by atoms with Crippen molar-refractivity contribution in [3.8, 4) is 5.75 Å². The summed E-state index contributed by atoms with van der Waals surface area (Å²) in [6.45, 7) is 7.12. The maximum absolute atomic E-state index is 9.84. The summed E-state index contributed by atoms with van der Waals surface area (Å²) in [5, 5.41) is 9.84. The van der Waals surface area contributed by atoms with Gasteiger partial charge in [-0.2, -0.15) is 0 Å². The number of ether oxygens (including phenoxy) is 1. The highest BCUT2D eigenvalue weighted by molar-refractivity contribution is 5.36. The van der Waals surface area contributed by atoms with Crippen LogP contribution in [-0.2, 0) is 4.74 Å². The summed E-state index contributed by atoms with van der Waals surface area (Å²) in [6.07, 6.45) is 1.88. The van der Waals surface area contributed by atoms with Gasteiger partial charge in [-0.25, -0.2) is 0 Å². The Morgan fingerprint density at radius 3 is 2.62 bits per heavy atom. The molecule has 1 N–H and O–H groups in total. The molecule has 16 heavy (non-hydrogen) atoms. The van der Waals surface area contributed by atoms with Crippen LogP contribution in [0.3, 0.4) is 0 Å². The fraction of sp³-hybridized carbons (Fsp3) is 0.385. The summed E-state index contributed by atoms with van der Waals surface area (Å²) in [6, 6.07) is 7.50. The van der Waals surface area contributed by atoms with E-state index in [0.29, 0.717) is 5.75 Å². The third-order valence-corrected chi connectivity index (χ3v) is 2.92. The minimum atomic E-state index is 0.0742. The van der Waals surface area contributed by atoms with Crippen LogP contribution >= 0.6 is 0 Å². The number of hydrogen-bond donors (Lipinski definition) is 1. The second-order valence-corrected chi connectivity index (χ2v) is 3.89. The van der Waals surface area contributed by atoms with Crippen molar-refractivity contribution >= 4 is 0 Å². The van der Waals surface area contributed by atoms with Gasteiger partial charge in [-0.15, -0.1) is 6.58 Å². The monoisotopic (exact) mass is 219 g/mol. The van der Waals surface area contributed by atoms with Crippen LogP contribution in [0.2, 0.25) is 0 Å². The van der Waals surface area contributed by atoms with E-state index in [2.05, 4.69) is 11.5 Å². The van der Waals surface area contributed by atoms with Gasteiger partial charge in [0, 0.05) is 18.7 Å². The standard InChI is InChI=1S/C13H17NO2/c1-2-12(14-7-9-16-10-8-14)11-5-3-4-6-13(11)15/h2-6,12,15H,1,7-10H2. The molecule has 1 aromatic carbocycles. The molecule has 1 aromatic rings. The number of rotatable bonds is 3. The zero-order valence-electron chi connectivity index (χ0n) is 9.30. The lowest BCUT2D eigenvalue weighted by atomic mass is 10.0. The van der Waals surface area contributed by atoms with Crippen LogP contribution in [0, 0.1) is 0 Å². The van der Waals surface area contributed by atoms with E-state index in [4.69, 9.17) is 4.74 Å². The van der Waals surface area contributed by atoms with Gasteiger partial charge in [-0.1, -0.05) is 24.3 Å². The summed E-state index contributed by atoms with van der Waals surface area (Å²) in [4.78, 5) is 2.27. The maximum Gasteiger partial charge on any atom is 0.120 e. The summed E-state index contributed by atoms with van der Waals surface area (Å²) in [5.41, 5.74) is 0.916. The Balaban J connectivity index is 2.21. The van der Waals surface area contributed by atoms with Gasteiger partial charge in [-0.3, -0.25) is 4.90 Å². The molecular formula is C13H17NO2. The Morgan fingerprint density at radius 2 is 2.00 bits per heavy atom. The lowest BCUT2D eigenvalue weighted by Crippen LogP contribution is -2.38. The van der Waals surface area contributed by atoms with Crippen molar-refractivity contribution in [3.63, 3.8) is 0 Å². The smallest absolute Gasteiger partial charge is 0.120 e. The van der Waals surface area contributed by atoms with E-state index >= 15 is 0 Å². The average molecular weight is 219 g/mol. The zero-order valence-corrected chi connectivity index (χ0v) is 9.30. The van der Waals surface area contributed by atoms with Crippen LogP contribution < -0.4 is 0 Å². The molecule has 3 nitrogen and oxygen atoms in total. The van der Waals surface area contributed by atoms with Crippen LogP contribution in [-0.4, -0.2) is 36.3 Å². The first kappa shape index (κ1) is 11.2. The predicted molar refractivity (Wildman–Crippen MR) is 63.4 cm³/mol. The molecule has 1 aliphatic rings. The van der Waals surface area contributed by atoms with Gasteiger partial charge in [-0.05, 0) is 6.07 Å². The Labute approximate surface area is 96.0 Å². The van der Waals surface area contributed by atoms with Crippen molar-refractivity contribution in [2.75, 3.05) is 26.3 Å². The highest BCUT2D eigenvalue weighted by Gasteiger charge is 2.21. The molecule has 0 radical (unpaired) electrons. The van der Waals surface area contributed by atoms with Gasteiger partial charge in [0.1, 0.15) is 5.75 Å². The molecule has 0 amide bonds. The minimum absolute atomic E-state index is 0.0742. The highest BCUT2D eigenvalue weighted by Crippen LogP contribution is 2.29. The molecule has 86 valence electrons. The quantitative estimate of drug-likeness (QED) is 0.789. The van der Waals surface area contributed by atoms with Gasteiger partial charge in [0.25, 0.3) is 0 Å². The molecule has 0 bridgehead atoms. The van der Waals surface area contributed by atoms with Gasteiger partial charge in [0.15, 0.2) is 0 Å². The minimum Gasteiger partial charge on any atom is -0.508 e. The number of benzene rings is 1. The first-order valence-corrected chi connectivity index (χ1v) is 5.55. The largest absolute Gasteiger partial charge is 0.508 e. The van der Waals surface area contributed by atoms with Gasteiger partial charge >= 0.3 is 0 Å². The lowest BCUT2D eigenvalue weighted by Gasteiger charge is -2.33. The van der Waals surface area contributed by atoms with Crippen molar-refractivity contribution in [2.24, 2.45) is 0 Å². The predicted octanol–water partition coefficient (Wildman–Crippen LogP) is 1.95. The van der Waals surface area contributed by atoms with Crippen LogP contribution in [0.1, 0.15) is 11.6 Å². The second kappa shape index (κ2) is 5.14. The van der Waals surface area contributed by atoms with Gasteiger partial charge < -0.3 is 9.84 Å². The summed E-state index contributed by atoms with van der Waals surface area (Å²) in [7, 11) is 0. The second-order valence-electron chi connectivity index (χ2n) is 3.89. The summed E-state index contributed by atoms with van der Waals surface area (Å²) >= 11 is 0. The average Bonchev–Trinajstić information content (AvgIpc) is 2.34. The SMILES string of the molecule is C=CC(c1ccccc1O)N1CCOCC1. The summed E-state index contributed by atoms with van der Waals surface area (Å²) < 4.78 is 5.32. The molecule has 1 unspecified atom stereocenters. The van der Waals surface area contributed by atoms with Crippen LogP contribution in [0.4, 0.5) is 0 Å². The number of hydrogen-bond acceptors (Lipinski definition) is 3. The molecule has 0 spiro atoms. The van der Waals surface area contributed by atoms with Gasteiger partial charge in [0.2, 0.25) is 0 Å². The molecular weight excluding hydrogens is 202 g/mol. The van der Waals surface area contributed by atoms with E-state index in [9.17, 15) is 5.11 Å². The number of aromatic hydroxyl groups is 1. The van der Waals surface area contributed by atoms with Crippen molar-refractivity contribution in [3.05, 3.63) is 42.5 Å². The molecule has 1 atom stereocenters. The number of para-hydroxylation sites is 1. The molecule has 0 aliphatic carbocycles. The number of morpholine rings is 1. The third kappa shape index (κ3) is 2.26. The molecule has 0 saturated carbocycles. The molecule has 1 saturated heterocycles. The third-order valence-electron chi connectivity index (χ3n) is 2.92. The van der Waals surface area contributed by atoms with E-state index in [0.717, 1.165) is 31.9 Å². The fourth-order valence-corrected chi connectivity index (χ4v) is 2.07. The maximum atomic E-state index is 9.84. The summed E-state index contributed by atoms with van der Waals surface area (Å²) in [5.74, 6) is 0.332. The molecule has 2 rings (SSSR count). The van der Waals surface area contributed by atoms with Crippen molar-refractivity contribution < 1.29 is 9.84 Å². The van der Waals surface area contributed by atoms with E-state index in [-0.39, 0.29) is 6.04 Å². The Bertz CT molecular complexity index is 359. The number of phenolic OH excluding ortho intramolecular Hbond substituents is 1. The van der Waals surface area contributed by atoms with E-state index in [1.807, 2.05) is 24.3 Å².